The Hall–Kier alpha value is -2.30. The van der Waals surface area contributed by atoms with Gasteiger partial charge in [-0.1, -0.05) is 23.7 Å². The molecule has 3 rings (SSSR count). The molecule has 0 saturated carbocycles. The number of hydrogen-bond donors (Lipinski definition) is 2. The number of nitrogens with zero attached hydrogens (tertiary/aromatic N) is 1. The molecule has 150 valence electrons. The Balaban J connectivity index is 1.90. The van der Waals surface area contributed by atoms with Gasteiger partial charge in [-0.15, -0.1) is 0 Å². The third kappa shape index (κ3) is 4.40. The molecule has 0 aromatic heterocycles. The van der Waals surface area contributed by atoms with Crippen molar-refractivity contribution < 1.29 is 21.6 Å². The van der Waals surface area contributed by atoms with E-state index in [2.05, 4.69) is 10.0 Å². The number of carbonyl (C=O) groups is 1. The number of hydrogen-bond acceptors (Lipinski definition) is 6. The Kier molecular flexibility index (Phi) is 5.55. The van der Waals surface area contributed by atoms with Crippen molar-refractivity contribution in [3.63, 3.8) is 0 Å². The average molecular weight is 444 g/mol. The minimum atomic E-state index is -4.16. The number of anilines is 2. The Morgan fingerprint density at radius 1 is 1.07 bits per heavy atom. The van der Waals surface area contributed by atoms with E-state index in [1.54, 1.807) is 11.0 Å². The van der Waals surface area contributed by atoms with Crippen LogP contribution in [0.25, 0.3) is 0 Å². The number of nitrogens with one attached hydrogen (secondary N) is 2. The third-order valence-electron chi connectivity index (χ3n) is 4.12. The number of carbonyl (C=O) groups excluding carboxylic acids is 1. The van der Waals surface area contributed by atoms with Crippen LogP contribution in [0.1, 0.15) is 0 Å². The fourth-order valence-electron chi connectivity index (χ4n) is 2.86. The van der Waals surface area contributed by atoms with Gasteiger partial charge in [-0.25, -0.2) is 16.8 Å². The minimum Gasteiger partial charge on any atom is -0.359 e. The Morgan fingerprint density at radius 2 is 1.75 bits per heavy atom. The molecule has 0 aliphatic carbocycles. The van der Waals surface area contributed by atoms with Crippen LogP contribution in [-0.4, -0.2) is 48.6 Å². The molecule has 2 N–H and O–H groups in total. The molecule has 0 radical (unpaired) electrons. The SMILES string of the molecule is CS(=O)(=O)c1ccccc1S(=O)(=O)Nc1ccc(N2CCNC(=O)C2)c(Cl)c1. The fourth-order valence-corrected chi connectivity index (χ4v) is 5.84. The van der Waals surface area contributed by atoms with E-state index in [4.69, 9.17) is 11.6 Å². The van der Waals surface area contributed by atoms with Crippen molar-refractivity contribution in [2.45, 2.75) is 9.79 Å². The van der Waals surface area contributed by atoms with E-state index in [0.717, 1.165) is 6.26 Å². The fraction of sp³-hybridized carbons (Fsp3) is 0.235. The van der Waals surface area contributed by atoms with Crippen LogP contribution in [0.2, 0.25) is 5.02 Å². The zero-order valence-electron chi connectivity index (χ0n) is 14.8. The topological polar surface area (TPSA) is 113 Å². The second kappa shape index (κ2) is 7.61. The summed E-state index contributed by atoms with van der Waals surface area (Å²) in [7, 11) is -7.89. The summed E-state index contributed by atoms with van der Waals surface area (Å²) < 4.78 is 51.6. The lowest BCUT2D eigenvalue weighted by Crippen LogP contribution is -2.47. The van der Waals surface area contributed by atoms with Crippen molar-refractivity contribution in [3.8, 4) is 0 Å². The van der Waals surface area contributed by atoms with Crippen molar-refractivity contribution in [1.29, 1.82) is 0 Å². The normalized spacial score (nSPS) is 15.2. The van der Waals surface area contributed by atoms with Crippen LogP contribution in [0.5, 0.6) is 0 Å². The lowest BCUT2D eigenvalue weighted by Gasteiger charge is -2.29. The summed E-state index contributed by atoms with van der Waals surface area (Å²) in [5.74, 6) is -0.121. The molecule has 2 aromatic rings. The molecular weight excluding hydrogens is 426 g/mol. The first-order chi connectivity index (χ1) is 13.1. The van der Waals surface area contributed by atoms with Crippen molar-refractivity contribution >= 4 is 48.7 Å². The van der Waals surface area contributed by atoms with E-state index in [1.807, 2.05) is 0 Å². The minimum absolute atomic E-state index is 0.121. The van der Waals surface area contributed by atoms with Crippen molar-refractivity contribution in [2.24, 2.45) is 0 Å². The number of sulfone groups is 1. The molecule has 0 unspecified atom stereocenters. The molecule has 0 atom stereocenters. The highest BCUT2D eigenvalue weighted by atomic mass is 35.5. The van der Waals surface area contributed by atoms with Crippen LogP contribution in [0.4, 0.5) is 11.4 Å². The summed E-state index contributed by atoms with van der Waals surface area (Å²) >= 11 is 6.29. The van der Waals surface area contributed by atoms with Gasteiger partial charge in [0.25, 0.3) is 10.0 Å². The molecular formula is C17H18ClN3O5S2. The summed E-state index contributed by atoms with van der Waals surface area (Å²) in [6.45, 7) is 1.23. The Labute approximate surface area is 168 Å². The summed E-state index contributed by atoms with van der Waals surface area (Å²) in [6.07, 6.45) is 0.946. The first kappa shape index (κ1) is 20.4. The van der Waals surface area contributed by atoms with Gasteiger partial charge in [0.15, 0.2) is 9.84 Å². The number of amides is 1. The van der Waals surface area contributed by atoms with Gasteiger partial charge in [0.05, 0.1) is 27.8 Å². The number of benzene rings is 2. The van der Waals surface area contributed by atoms with Gasteiger partial charge < -0.3 is 10.2 Å². The van der Waals surface area contributed by atoms with E-state index < -0.39 is 19.9 Å². The highest BCUT2D eigenvalue weighted by Gasteiger charge is 2.24. The highest BCUT2D eigenvalue weighted by molar-refractivity contribution is 7.95. The second-order valence-corrected chi connectivity index (χ2v) is 10.3. The molecule has 28 heavy (non-hydrogen) atoms. The van der Waals surface area contributed by atoms with Crippen molar-refractivity contribution in [3.05, 3.63) is 47.5 Å². The molecule has 1 fully saturated rings. The van der Waals surface area contributed by atoms with E-state index in [0.29, 0.717) is 18.8 Å². The maximum Gasteiger partial charge on any atom is 0.263 e. The smallest absolute Gasteiger partial charge is 0.263 e. The largest absolute Gasteiger partial charge is 0.359 e. The molecule has 1 saturated heterocycles. The number of rotatable bonds is 5. The van der Waals surface area contributed by atoms with Gasteiger partial charge >= 0.3 is 0 Å². The molecule has 11 heteroatoms. The average Bonchev–Trinajstić information content (AvgIpc) is 2.61. The predicted molar refractivity (Wildman–Crippen MR) is 107 cm³/mol. The first-order valence-electron chi connectivity index (χ1n) is 8.21. The van der Waals surface area contributed by atoms with Gasteiger partial charge in [0.2, 0.25) is 5.91 Å². The van der Waals surface area contributed by atoms with Crippen LogP contribution in [0, 0.1) is 0 Å². The molecule has 1 amide bonds. The zero-order chi connectivity index (χ0) is 20.5. The van der Waals surface area contributed by atoms with Crippen molar-refractivity contribution in [2.75, 3.05) is 35.5 Å². The van der Waals surface area contributed by atoms with E-state index in [1.165, 1.54) is 36.4 Å². The highest BCUT2D eigenvalue weighted by Crippen LogP contribution is 2.31. The molecule has 1 heterocycles. The standard InChI is InChI=1S/C17H18ClN3O5S2/c1-27(23,24)15-4-2-3-5-16(15)28(25,26)20-12-6-7-14(13(18)10-12)21-9-8-19-17(22)11-21/h2-7,10,20H,8-9,11H2,1H3,(H,19,22). The molecule has 0 spiro atoms. The number of sulfonamides is 1. The maximum atomic E-state index is 12.7. The molecule has 1 aliphatic rings. The van der Waals surface area contributed by atoms with Gasteiger partial charge in [0.1, 0.15) is 4.90 Å². The van der Waals surface area contributed by atoms with Gasteiger partial charge in [-0.05, 0) is 30.3 Å². The summed E-state index contributed by atoms with van der Waals surface area (Å²) in [4.78, 5) is 12.7. The summed E-state index contributed by atoms with van der Waals surface area (Å²) in [5, 5.41) is 2.98. The van der Waals surface area contributed by atoms with Crippen LogP contribution in [0.3, 0.4) is 0 Å². The van der Waals surface area contributed by atoms with Crippen LogP contribution >= 0.6 is 11.6 Å². The predicted octanol–water partition coefficient (Wildman–Crippen LogP) is 1.48. The second-order valence-electron chi connectivity index (χ2n) is 6.26. The number of halogens is 1. The quantitative estimate of drug-likeness (QED) is 0.723. The Morgan fingerprint density at radius 3 is 2.36 bits per heavy atom. The first-order valence-corrected chi connectivity index (χ1v) is 12.0. The lowest BCUT2D eigenvalue weighted by molar-refractivity contribution is -0.120. The summed E-state index contributed by atoms with van der Waals surface area (Å²) in [6, 6.07) is 9.90. The monoisotopic (exact) mass is 443 g/mol. The molecule has 1 aliphatic heterocycles. The molecule has 0 bridgehead atoms. The molecule has 8 nitrogen and oxygen atoms in total. The van der Waals surface area contributed by atoms with E-state index >= 15 is 0 Å². The number of piperazine rings is 1. The Bertz CT molecular complexity index is 1130. The van der Waals surface area contributed by atoms with Gasteiger partial charge in [-0.2, -0.15) is 0 Å². The van der Waals surface area contributed by atoms with E-state index in [-0.39, 0.29) is 33.0 Å². The van der Waals surface area contributed by atoms with Gasteiger partial charge in [0, 0.05) is 19.3 Å². The summed E-state index contributed by atoms with van der Waals surface area (Å²) in [5.41, 5.74) is 0.787. The maximum absolute atomic E-state index is 12.7. The van der Waals surface area contributed by atoms with Crippen LogP contribution in [-0.2, 0) is 24.7 Å². The van der Waals surface area contributed by atoms with E-state index in [9.17, 15) is 21.6 Å². The lowest BCUT2D eigenvalue weighted by atomic mass is 10.2. The van der Waals surface area contributed by atoms with Crippen molar-refractivity contribution in [1.82, 2.24) is 5.32 Å². The van der Waals surface area contributed by atoms with Crippen LogP contribution < -0.4 is 14.9 Å². The zero-order valence-corrected chi connectivity index (χ0v) is 17.2. The van der Waals surface area contributed by atoms with Crippen LogP contribution in [0.15, 0.2) is 52.3 Å². The molecule has 2 aromatic carbocycles. The third-order valence-corrected chi connectivity index (χ3v) is 7.14. The van der Waals surface area contributed by atoms with Gasteiger partial charge in [-0.3, -0.25) is 9.52 Å².